The van der Waals surface area contributed by atoms with Crippen molar-refractivity contribution in [2.75, 3.05) is 0 Å². The van der Waals surface area contributed by atoms with E-state index in [2.05, 4.69) is 24.2 Å². The van der Waals surface area contributed by atoms with Gasteiger partial charge in [-0.2, -0.15) is 0 Å². The van der Waals surface area contributed by atoms with Crippen molar-refractivity contribution in [1.29, 1.82) is 0 Å². The number of phenols is 1. The zero-order chi connectivity index (χ0) is 18.3. The molecule has 3 rings (SSSR count). The number of aryl methyl sites for hydroxylation is 3. The summed E-state index contributed by atoms with van der Waals surface area (Å²) in [6.45, 7) is 7.99. The lowest BCUT2D eigenvalue weighted by Crippen LogP contribution is -2.05. The van der Waals surface area contributed by atoms with Crippen LogP contribution in [-0.4, -0.2) is 27.2 Å². The van der Waals surface area contributed by atoms with Crippen LogP contribution >= 0.6 is 0 Å². The SMILES string of the molecule is Cc1ccc(C2=C(c3cc(C)c(C)c(C)c3)/C(=N/O)CC2O)cc1O. The predicted molar refractivity (Wildman–Crippen MR) is 100 cm³/mol. The van der Waals surface area contributed by atoms with E-state index in [1.54, 1.807) is 6.07 Å². The molecule has 130 valence electrons. The molecule has 0 saturated heterocycles. The second-order valence-corrected chi connectivity index (χ2v) is 6.79. The zero-order valence-corrected chi connectivity index (χ0v) is 15.0. The van der Waals surface area contributed by atoms with Crippen LogP contribution in [0.15, 0.2) is 35.5 Å². The van der Waals surface area contributed by atoms with E-state index in [0.717, 1.165) is 33.4 Å². The smallest absolute Gasteiger partial charge is 0.119 e. The standard InChI is InChI=1S/C21H23NO3/c1-11-5-6-15(9-18(11)23)21-19(24)10-17(22-25)20(21)16-7-12(2)14(4)13(3)8-16/h5-9,19,23-25H,10H2,1-4H3/b22-17+. The summed E-state index contributed by atoms with van der Waals surface area (Å²) in [5.41, 5.74) is 7.83. The van der Waals surface area contributed by atoms with E-state index >= 15 is 0 Å². The van der Waals surface area contributed by atoms with E-state index in [0.29, 0.717) is 11.3 Å². The van der Waals surface area contributed by atoms with Gasteiger partial charge < -0.3 is 15.4 Å². The second kappa shape index (κ2) is 6.37. The van der Waals surface area contributed by atoms with Gasteiger partial charge >= 0.3 is 0 Å². The molecule has 1 aliphatic carbocycles. The Balaban J connectivity index is 2.29. The highest BCUT2D eigenvalue weighted by Crippen LogP contribution is 2.40. The van der Waals surface area contributed by atoms with Gasteiger partial charge in [0.15, 0.2) is 0 Å². The van der Waals surface area contributed by atoms with Crippen LogP contribution in [0.5, 0.6) is 5.75 Å². The number of phenolic OH excluding ortho intramolecular Hbond substituents is 1. The molecule has 25 heavy (non-hydrogen) atoms. The Hall–Kier alpha value is -2.59. The number of rotatable bonds is 2. The lowest BCUT2D eigenvalue weighted by molar-refractivity contribution is 0.242. The van der Waals surface area contributed by atoms with Crippen molar-refractivity contribution in [3.63, 3.8) is 0 Å². The molecule has 0 bridgehead atoms. The molecule has 0 aromatic heterocycles. The van der Waals surface area contributed by atoms with Gasteiger partial charge in [-0.05, 0) is 72.7 Å². The maximum absolute atomic E-state index is 10.6. The van der Waals surface area contributed by atoms with E-state index in [9.17, 15) is 15.4 Å². The summed E-state index contributed by atoms with van der Waals surface area (Å²) in [6, 6.07) is 9.45. The molecule has 1 aliphatic rings. The quantitative estimate of drug-likeness (QED) is 0.570. The van der Waals surface area contributed by atoms with Crippen LogP contribution in [0.1, 0.15) is 39.8 Å². The number of benzene rings is 2. The Morgan fingerprint density at radius 2 is 1.56 bits per heavy atom. The van der Waals surface area contributed by atoms with Gasteiger partial charge in [-0.15, -0.1) is 0 Å². The summed E-state index contributed by atoms with van der Waals surface area (Å²) in [7, 11) is 0. The Labute approximate surface area is 147 Å². The molecule has 3 N–H and O–H groups in total. The molecular formula is C21H23NO3. The topological polar surface area (TPSA) is 73.1 Å². The highest BCUT2D eigenvalue weighted by Gasteiger charge is 2.32. The molecule has 0 amide bonds. The highest BCUT2D eigenvalue weighted by molar-refractivity contribution is 6.34. The molecular weight excluding hydrogens is 314 g/mol. The molecule has 1 atom stereocenters. The van der Waals surface area contributed by atoms with E-state index in [4.69, 9.17) is 0 Å². The third-order valence-electron chi connectivity index (χ3n) is 5.13. The molecule has 0 aliphatic heterocycles. The molecule has 4 nitrogen and oxygen atoms in total. The lowest BCUT2D eigenvalue weighted by atomic mass is 9.91. The fourth-order valence-corrected chi connectivity index (χ4v) is 3.42. The van der Waals surface area contributed by atoms with E-state index in [-0.39, 0.29) is 12.2 Å². The summed E-state index contributed by atoms with van der Waals surface area (Å²) in [6.07, 6.45) is -0.521. The minimum atomic E-state index is -0.773. The number of nitrogens with zero attached hydrogens (tertiary/aromatic N) is 1. The van der Waals surface area contributed by atoms with Crippen LogP contribution in [0.25, 0.3) is 11.1 Å². The van der Waals surface area contributed by atoms with Crippen LogP contribution in [0, 0.1) is 27.7 Å². The number of oxime groups is 1. The monoisotopic (exact) mass is 337 g/mol. The first-order valence-corrected chi connectivity index (χ1v) is 8.35. The number of hydrogen-bond donors (Lipinski definition) is 3. The number of hydrogen-bond acceptors (Lipinski definition) is 4. The number of aromatic hydroxyl groups is 1. The van der Waals surface area contributed by atoms with E-state index < -0.39 is 6.10 Å². The molecule has 1 unspecified atom stereocenters. The summed E-state index contributed by atoms with van der Waals surface area (Å²) < 4.78 is 0. The Kier molecular flexibility index (Phi) is 4.39. The predicted octanol–water partition coefficient (Wildman–Crippen LogP) is 4.13. The highest BCUT2D eigenvalue weighted by atomic mass is 16.4. The molecule has 0 heterocycles. The van der Waals surface area contributed by atoms with Crippen molar-refractivity contribution in [3.05, 3.63) is 63.7 Å². The Morgan fingerprint density at radius 3 is 2.12 bits per heavy atom. The van der Waals surface area contributed by atoms with Gasteiger partial charge in [-0.3, -0.25) is 0 Å². The average Bonchev–Trinajstić information content (AvgIpc) is 2.91. The summed E-state index contributed by atoms with van der Waals surface area (Å²) in [5.74, 6) is 0.183. The number of allylic oxidation sites excluding steroid dienone is 1. The van der Waals surface area contributed by atoms with Gasteiger partial charge in [0, 0.05) is 12.0 Å². The van der Waals surface area contributed by atoms with Crippen molar-refractivity contribution < 1.29 is 15.4 Å². The van der Waals surface area contributed by atoms with Gasteiger partial charge in [-0.1, -0.05) is 29.4 Å². The van der Waals surface area contributed by atoms with Crippen LogP contribution < -0.4 is 0 Å². The van der Waals surface area contributed by atoms with Gasteiger partial charge in [0.2, 0.25) is 0 Å². The first kappa shape index (κ1) is 17.2. The maximum Gasteiger partial charge on any atom is 0.119 e. The minimum Gasteiger partial charge on any atom is -0.508 e. The Morgan fingerprint density at radius 1 is 0.920 bits per heavy atom. The molecule has 0 fully saturated rings. The Bertz CT molecular complexity index is 886. The van der Waals surface area contributed by atoms with Crippen molar-refractivity contribution in [1.82, 2.24) is 0 Å². The molecule has 0 radical (unpaired) electrons. The van der Waals surface area contributed by atoms with E-state index in [1.807, 2.05) is 32.9 Å². The molecule has 2 aromatic carbocycles. The molecule has 0 saturated carbocycles. The normalized spacial score (nSPS) is 19.1. The van der Waals surface area contributed by atoms with Crippen molar-refractivity contribution in [2.24, 2.45) is 5.16 Å². The fraction of sp³-hybridized carbons (Fsp3) is 0.286. The van der Waals surface area contributed by atoms with Crippen LogP contribution in [0.4, 0.5) is 0 Å². The third-order valence-corrected chi connectivity index (χ3v) is 5.13. The fourth-order valence-electron chi connectivity index (χ4n) is 3.42. The number of aliphatic hydroxyl groups is 1. The second-order valence-electron chi connectivity index (χ2n) is 6.79. The van der Waals surface area contributed by atoms with Crippen LogP contribution in [0.2, 0.25) is 0 Å². The first-order chi connectivity index (χ1) is 11.8. The summed E-state index contributed by atoms with van der Waals surface area (Å²) >= 11 is 0. The van der Waals surface area contributed by atoms with Gasteiger partial charge in [0.1, 0.15) is 5.75 Å². The third kappa shape index (κ3) is 2.94. The molecule has 4 heteroatoms. The van der Waals surface area contributed by atoms with E-state index in [1.165, 1.54) is 5.56 Å². The van der Waals surface area contributed by atoms with Crippen molar-refractivity contribution in [3.8, 4) is 5.75 Å². The maximum atomic E-state index is 10.6. The average molecular weight is 337 g/mol. The molecule has 0 spiro atoms. The number of aliphatic hydroxyl groups excluding tert-OH is 1. The lowest BCUT2D eigenvalue weighted by Gasteiger charge is -2.14. The first-order valence-electron chi connectivity index (χ1n) is 8.35. The molecule has 2 aromatic rings. The van der Waals surface area contributed by atoms with Gasteiger partial charge in [0.25, 0.3) is 0 Å². The van der Waals surface area contributed by atoms with Crippen molar-refractivity contribution >= 4 is 16.9 Å². The van der Waals surface area contributed by atoms with Crippen LogP contribution in [0.3, 0.4) is 0 Å². The zero-order valence-electron chi connectivity index (χ0n) is 15.0. The largest absolute Gasteiger partial charge is 0.508 e. The van der Waals surface area contributed by atoms with Gasteiger partial charge in [0.05, 0.1) is 11.8 Å². The summed E-state index contributed by atoms with van der Waals surface area (Å²) in [5, 5.41) is 33.6. The van der Waals surface area contributed by atoms with Crippen molar-refractivity contribution in [2.45, 2.75) is 40.2 Å². The van der Waals surface area contributed by atoms with Gasteiger partial charge in [-0.25, -0.2) is 0 Å². The summed E-state index contributed by atoms with van der Waals surface area (Å²) in [4.78, 5) is 0. The van der Waals surface area contributed by atoms with Crippen LogP contribution in [-0.2, 0) is 0 Å². The minimum absolute atomic E-state index is 0.183.